The van der Waals surface area contributed by atoms with E-state index in [1.165, 1.54) is 0 Å². The topological polar surface area (TPSA) is 66.6 Å². The summed E-state index contributed by atoms with van der Waals surface area (Å²) in [6.07, 6.45) is 3.94. The van der Waals surface area contributed by atoms with Gasteiger partial charge in [-0.15, -0.1) is 0 Å². The first-order chi connectivity index (χ1) is 10.2. The highest BCUT2D eigenvalue weighted by Gasteiger charge is 2.07. The number of fused-ring (bicyclic) bond motifs is 1. The molecule has 5 heteroatoms. The van der Waals surface area contributed by atoms with Gasteiger partial charge in [0.1, 0.15) is 0 Å². The highest BCUT2D eigenvalue weighted by Crippen LogP contribution is 2.16. The van der Waals surface area contributed by atoms with Gasteiger partial charge in [-0.25, -0.2) is 4.98 Å². The van der Waals surface area contributed by atoms with Gasteiger partial charge in [0.2, 0.25) is 5.91 Å². The summed E-state index contributed by atoms with van der Waals surface area (Å²) < 4.78 is 1.73. The van der Waals surface area contributed by atoms with Crippen molar-refractivity contribution in [3.63, 3.8) is 0 Å². The second kappa shape index (κ2) is 5.66. The number of carbonyl (C=O) groups excluding carboxylic acids is 1. The fourth-order valence-electron chi connectivity index (χ4n) is 2.17. The van der Waals surface area contributed by atoms with E-state index in [1.54, 1.807) is 28.9 Å². The number of pyridine rings is 1. The number of hydrogen-bond acceptors (Lipinski definition) is 3. The number of rotatable bonds is 4. The molecular weight excluding hydrogens is 266 g/mol. The Kier molecular flexibility index (Phi) is 3.55. The molecule has 0 aliphatic carbocycles. The quantitative estimate of drug-likeness (QED) is 0.767. The van der Waals surface area contributed by atoms with Crippen molar-refractivity contribution < 1.29 is 9.90 Å². The molecule has 0 aliphatic heterocycles. The van der Waals surface area contributed by atoms with Crippen LogP contribution in [0.4, 0.5) is 0 Å². The molecule has 1 amide bonds. The van der Waals surface area contributed by atoms with Crippen molar-refractivity contribution in [1.82, 2.24) is 14.7 Å². The van der Waals surface area contributed by atoms with E-state index in [4.69, 9.17) is 0 Å². The SMILES string of the molecule is O=C(Cc1ccccc1)NCc1cn2cccc(O)c2n1. The van der Waals surface area contributed by atoms with E-state index in [2.05, 4.69) is 10.3 Å². The van der Waals surface area contributed by atoms with Crippen LogP contribution in [0, 0.1) is 0 Å². The van der Waals surface area contributed by atoms with Crippen molar-refractivity contribution in [2.45, 2.75) is 13.0 Å². The summed E-state index contributed by atoms with van der Waals surface area (Å²) in [5, 5.41) is 12.5. The van der Waals surface area contributed by atoms with Crippen molar-refractivity contribution in [2.75, 3.05) is 0 Å². The van der Waals surface area contributed by atoms with Crippen molar-refractivity contribution in [3.05, 3.63) is 66.1 Å². The van der Waals surface area contributed by atoms with Gasteiger partial charge in [-0.05, 0) is 17.7 Å². The smallest absolute Gasteiger partial charge is 0.224 e. The zero-order chi connectivity index (χ0) is 14.7. The Morgan fingerprint density at radius 3 is 2.76 bits per heavy atom. The molecular formula is C16H15N3O2. The zero-order valence-corrected chi connectivity index (χ0v) is 11.4. The molecule has 0 atom stereocenters. The average molecular weight is 281 g/mol. The third kappa shape index (κ3) is 3.02. The molecule has 1 aromatic carbocycles. The molecule has 3 rings (SSSR count). The van der Waals surface area contributed by atoms with Crippen molar-refractivity contribution in [2.24, 2.45) is 0 Å². The lowest BCUT2D eigenvalue weighted by Gasteiger charge is -2.03. The first-order valence-electron chi connectivity index (χ1n) is 6.68. The molecule has 3 aromatic rings. The molecule has 2 N–H and O–H groups in total. The monoisotopic (exact) mass is 281 g/mol. The van der Waals surface area contributed by atoms with Crippen LogP contribution in [0.5, 0.6) is 5.75 Å². The van der Waals surface area contributed by atoms with Gasteiger partial charge >= 0.3 is 0 Å². The van der Waals surface area contributed by atoms with E-state index in [0.29, 0.717) is 24.3 Å². The van der Waals surface area contributed by atoms with Crippen molar-refractivity contribution in [3.8, 4) is 5.75 Å². The molecule has 2 heterocycles. The van der Waals surface area contributed by atoms with E-state index in [0.717, 1.165) is 5.56 Å². The van der Waals surface area contributed by atoms with Crippen LogP contribution in [-0.4, -0.2) is 20.4 Å². The number of amides is 1. The maximum atomic E-state index is 11.9. The Balaban J connectivity index is 1.64. The minimum atomic E-state index is -0.0533. The minimum absolute atomic E-state index is 0.0533. The van der Waals surface area contributed by atoms with Gasteiger partial charge in [-0.1, -0.05) is 30.3 Å². The molecule has 0 bridgehead atoms. The van der Waals surface area contributed by atoms with Crippen LogP contribution < -0.4 is 5.32 Å². The molecule has 2 aromatic heterocycles. The first kappa shape index (κ1) is 13.2. The Bertz CT molecular complexity index is 766. The summed E-state index contributed by atoms with van der Waals surface area (Å²) in [6, 6.07) is 12.9. The summed E-state index contributed by atoms with van der Waals surface area (Å²) in [5.74, 6) is 0.0711. The predicted octanol–water partition coefficient (Wildman–Crippen LogP) is 1.90. The van der Waals surface area contributed by atoms with Gasteiger partial charge in [0.15, 0.2) is 11.4 Å². The number of nitrogens with zero attached hydrogens (tertiary/aromatic N) is 2. The Morgan fingerprint density at radius 1 is 1.19 bits per heavy atom. The van der Waals surface area contributed by atoms with E-state index in [1.807, 2.05) is 30.3 Å². The molecule has 106 valence electrons. The van der Waals surface area contributed by atoms with Crippen LogP contribution in [0.3, 0.4) is 0 Å². The van der Waals surface area contributed by atoms with Crippen molar-refractivity contribution in [1.29, 1.82) is 0 Å². The molecule has 5 nitrogen and oxygen atoms in total. The lowest BCUT2D eigenvalue weighted by Crippen LogP contribution is -2.24. The van der Waals surface area contributed by atoms with Gasteiger partial charge in [-0.3, -0.25) is 4.79 Å². The standard InChI is InChI=1S/C16H15N3O2/c20-14-7-4-8-19-11-13(18-16(14)19)10-17-15(21)9-12-5-2-1-3-6-12/h1-8,11,20H,9-10H2,(H,17,21). The molecule has 0 spiro atoms. The van der Waals surface area contributed by atoms with E-state index >= 15 is 0 Å². The Morgan fingerprint density at radius 2 is 2.00 bits per heavy atom. The minimum Gasteiger partial charge on any atom is -0.504 e. The number of hydrogen-bond donors (Lipinski definition) is 2. The molecule has 0 unspecified atom stereocenters. The second-order valence-electron chi connectivity index (χ2n) is 4.80. The summed E-state index contributed by atoms with van der Waals surface area (Å²) >= 11 is 0. The van der Waals surface area contributed by atoms with Gasteiger partial charge in [0.25, 0.3) is 0 Å². The van der Waals surface area contributed by atoms with Crippen LogP contribution in [0.25, 0.3) is 5.65 Å². The molecule has 0 aliphatic rings. The number of carbonyl (C=O) groups is 1. The maximum Gasteiger partial charge on any atom is 0.224 e. The van der Waals surface area contributed by atoms with Crippen LogP contribution in [0.2, 0.25) is 0 Å². The van der Waals surface area contributed by atoms with E-state index in [9.17, 15) is 9.90 Å². The normalized spacial score (nSPS) is 10.7. The third-order valence-corrected chi connectivity index (χ3v) is 3.19. The number of aromatic nitrogens is 2. The highest BCUT2D eigenvalue weighted by molar-refractivity contribution is 5.78. The average Bonchev–Trinajstić information content (AvgIpc) is 2.91. The fourth-order valence-corrected chi connectivity index (χ4v) is 2.17. The highest BCUT2D eigenvalue weighted by atomic mass is 16.3. The number of benzene rings is 1. The number of aromatic hydroxyl groups is 1. The number of imidazole rings is 1. The van der Waals surface area contributed by atoms with Crippen LogP contribution in [0.15, 0.2) is 54.9 Å². The molecule has 0 saturated carbocycles. The van der Waals surface area contributed by atoms with Crippen LogP contribution in [0.1, 0.15) is 11.3 Å². The molecule has 0 saturated heterocycles. The molecule has 0 fully saturated rings. The molecule has 21 heavy (non-hydrogen) atoms. The lowest BCUT2D eigenvalue weighted by atomic mass is 10.1. The van der Waals surface area contributed by atoms with Gasteiger partial charge in [0, 0.05) is 12.4 Å². The largest absolute Gasteiger partial charge is 0.504 e. The zero-order valence-electron chi connectivity index (χ0n) is 11.4. The number of nitrogens with one attached hydrogen (secondary N) is 1. The Labute approximate surface area is 121 Å². The van der Waals surface area contributed by atoms with Gasteiger partial charge < -0.3 is 14.8 Å². The summed E-state index contributed by atoms with van der Waals surface area (Å²) in [4.78, 5) is 16.2. The van der Waals surface area contributed by atoms with E-state index < -0.39 is 0 Å². The first-order valence-corrected chi connectivity index (χ1v) is 6.68. The Hall–Kier alpha value is -2.82. The van der Waals surface area contributed by atoms with Crippen LogP contribution in [-0.2, 0) is 17.8 Å². The fraction of sp³-hybridized carbons (Fsp3) is 0.125. The molecule has 0 radical (unpaired) electrons. The second-order valence-corrected chi connectivity index (χ2v) is 4.80. The summed E-state index contributed by atoms with van der Waals surface area (Å²) in [7, 11) is 0. The lowest BCUT2D eigenvalue weighted by molar-refractivity contribution is -0.120. The van der Waals surface area contributed by atoms with Gasteiger partial charge in [-0.2, -0.15) is 0 Å². The van der Waals surface area contributed by atoms with Crippen LogP contribution >= 0.6 is 0 Å². The van der Waals surface area contributed by atoms with Gasteiger partial charge in [0.05, 0.1) is 18.7 Å². The third-order valence-electron chi connectivity index (χ3n) is 3.19. The summed E-state index contributed by atoms with van der Waals surface area (Å²) in [5.41, 5.74) is 2.17. The van der Waals surface area contributed by atoms with E-state index in [-0.39, 0.29) is 11.7 Å². The summed E-state index contributed by atoms with van der Waals surface area (Å²) in [6.45, 7) is 0.340. The maximum absolute atomic E-state index is 11.9. The van der Waals surface area contributed by atoms with Crippen molar-refractivity contribution >= 4 is 11.6 Å². The predicted molar refractivity (Wildman–Crippen MR) is 78.8 cm³/mol.